The number of rotatable bonds is 8. The molecule has 4 rings (SSSR count). The Bertz CT molecular complexity index is 632. The van der Waals surface area contributed by atoms with Crippen molar-refractivity contribution in [2.24, 2.45) is 11.8 Å². The first-order valence-corrected chi connectivity index (χ1v) is 10.9. The second-order valence-electron chi connectivity index (χ2n) is 8.50. The van der Waals surface area contributed by atoms with Crippen molar-refractivity contribution in [2.45, 2.75) is 65.0 Å². The number of amides is 2. The predicted octanol–water partition coefficient (Wildman–Crippen LogP) is 2.27. The first-order valence-electron chi connectivity index (χ1n) is 10.9. The molecule has 0 spiro atoms. The fourth-order valence-electron chi connectivity index (χ4n) is 4.44. The van der Waals surface area contributed by atoms with Crippen LogP contribution in [0, 0.1) is 11.8 Å². The van der Waals surface area contributed by atoms with Crippen molar-refractivity contribution in [3.8, 4) is 0 Å². The SMILES string of the molecule is CCN(CCC1CCN(C(=O)NCc2nnc3n2CCC3)CC1)CC1CC1. The number of piperidine rings is 1. The van der Waals surface area contributed by atoms with Gasteiger partial charge < -0.3 is 19.7 Å². The van der Waals surface area contributed by atoms with Gasteiger partial charge in [0.15, 0.2) is 5.82 Å². The number of hydrogen-bond donors (Lipinski definition) is 1. The number of hydrogen-bond acceptors (Lipinski definition) is 4. The first-order chi connectivity index (χ1) is 13.2. The second-order valence-corrected chi connectivity index (χ2v) is 8.50. The van der Waals surface area contributed by atoms with E-state index in [9.17, 15) is 4.79 Å². The van der Waals surface area contributed by atoms with E-state index in [4.69, 9.17) is 0 Å². The fourth-order valence-corrected chi connectivity index (χ4v) is 4.44. The number of nitrogens with zero attached hydrogens (tertiary/aromatic N) is 5. The lowest BCUT2D eigenvalue weighted by molar-refractivity contribution is 0.159. The number of fused-ring (bicyclic) bond motifs is 1. The standard InChI is InChI=1S/C20H34N6O/c1-2-24(15-17-5-6-17)11-7-16-8-12-25(13-9-16)20(27)21-14-19-23-22-18-4-3-10-26(18)19/h16-17H,2-15H2,1H3,(H,21,27). The molecule has 1 saturated heterocycles. The molecule has 3 aliphatic rings. The van der Waals surface area contributed by atoms with E-state index in [-0.39, 0.29) is 6.03 Å². The maximum Gasteiger partial charge on any atom is 0.317 e. The summed E-state index contributed by atoms with van der Waals surface area (Å²) in [5.41, 5.74) is 0. The lowest BCUT2D eigenvalue weighted by Crippen LogP contribution is -2.44. The van der Waals surface area contributed by atoms with Crippen LogP contribution in [-0.2, 0) is 19.5 Å². The highest BCUT2D eigenvalue weighted by Gasteiger charge is 2.26. The lowest BCUT2D eigenvalue weighted by Gasteiger charge is -2.33. The van der Waals surface area contributed by atoms with Crippen molar-refractivity contribution in [3.63, 3.8) is 0 Å². The van der Waals surface area contributed by atoms with Crippen LogP contribution in [0.3, 0.4) is 0 Å². The Kier molecular flexibility index (Phi) is 5.95. The number of aryl methyl sites for hydroxylation is 1. The monoisotopic (exact) mass is 374 g/mol. The van der Waals surface area contributed by atoms with E-state index in [2.05, 4.69) is 31.9 Å². The first kappa shape index (κ1) is 18.7. The van der Waals surface area contributed by atoms with E-state index in [0.29, 0.717) is 6.54 Å². The Morgan fingerprint density at radius 1 is 1.15 bits per heavy atom. The summed E-state index contributed by atoms with van der Waals surface area (Å²) >= 11 is 0. The van der Waals surface area contributed by atoms with Gasteiger partial charge in [-0.1, -0.05) is 6.92 Å². The third kappa shape index (κ3) is 4.81. The molecular weight excluding hydrogens is 340 g/mol. The van der Waals surface area contributed by atoms with Crippen LogP contribution in [0.4, 0.5) is 4.79 Å². The molecule has 0 radical (unpaired) electrons. The number of aromatic nitrogens is 3. The van der Waals surface area contributed by atoms with Crippen molar-refractivity contribution in [2.75, 3.05) is 32.7 Å². The second kappa shape index (κ2) is 8.59. The molecule has 1 N–H and O–H groups in total. The van der Waals surface area contributed by atoms with Crippen LogP contribution in [0.25, 0.3) is 0 Å². The van der Waals surface area contributed by atoms with Gasteiger partial charge in [0.2, 0.25) is 0 Å². The average molecular weight is 375 g/mol. The summed E-state index contributed by atoms with van der Waals surface area (Å²) in [6.07, 6.45) is 8.55. The van der Waals surface area contributed by atoms with Gasteiger partial charge in [-0.25, -0.2) is 4.79 Å². The highest BCUT2D eigenvalue weighted by Crippen LogP contribution is 2.30. The Morgan fingerprint density at radius 2 is 1.96 bits per heavy atom. The molecule has 0 atom stereocenters. The van der Waals surface area contributed by atoms with E-state index in [1.807, 2.05) is 4.90 Å². The minimum atomic E-state index is 0.0488. The summed E-state index contributed by atoms with van der Waals surface area (Å²) in [6.45, 7) is 9.19. The van der Waals surface area contributed by atoms with Crippen molar-refractivity contribution >= 4 is 6.03 Å². The Labute approximate surface area is 162 Å². The molecule has 1 aromatic heterocycles. The average Bonchev–Trinajstić information content (AvgIpc) is 3.24. The zero-order chi connectivity index (χ0) is 18.6. The summed E-state index contributed by atoms with van der Waals surface area (Å²) in [6, 6.07) is 0.0488. The quantitative estimate of drug-likeness (QED) is 0.758. The molecule has 1 aliphatic carbocycles. The maximum absolute atomic E-state index is 12.5. The largest absolute Gasteiger partial charge is 0.331 e. The molecule has 0 aromatic carbocycles. The van der Waals surface area contributed by atoms with Gasteiger partial charge in [-0.05, 0) is 63.5 Å². The zero-order valence-corrected chi connectivity index (χ0v) is 16.7. The summed E-state index contributed by atoms with van der Waals surface area (Å²) in [5.74, 6) is 3.69. The highest BCUT2D eigenvalue weighted by molar-refractivity contribution is 5.74. The minimum Gasteiger partial charge on any atom is -0.331 e. The number of carbonyl (C=O) groups excluding carboxylic acids is 1. The predicted molar refractivity (Wildman–Crippen MR) is 104 cm³/mol. The van der Waals surface area contributed by atoms with Gasteiger partial charge in [0.05, 0.1) is 6.54 Å². The Hall–Kier alpha value is -1.63. The summed E-state index contributed by atoms with van der Waals surface area (Å²) in [7, 11) is 0. The Morgan fingerprint density at radius 3 is 2.70 bits per heavy atom. The van der Waals surface area contributed by atoms with E-state index in [0.717, 1.165) is 68.8 Å². The normalized spacial score (nSPS) is 20.3. The number of urea groups is 1. The summed E-state index contributed by atoms with van der Waals surface area (Å²) in [5, 5.41) is 11.5. The van der Waals surface area contributed by atoms with Crippen molar-refractivity contribution in [1.82, 2.24) is 29.9 Å². The zero-order valence-electron chi connectivity index (χ0n) is 16.7. The molecule has 7 nitrogen and oxygen atoms in total. The smallest absolute Gasteiger partial charge is 0.317 e. The molecule has 2 fully saturated rings. The van der Waals surface area contributed by atoms with Crippen LogP contribution in [-0.4, -0.2) is 63.3 Å². The molecule has 0 bridgehead atoms. The van der Waals surface area contributed by atoms with E-state index >= 15 is 0 Å². The van der Waals surface area contributed by atoms with Gasteiger partial charge in [0.1, 0.15) is 5.82 Å². The molecular formula is C20H34N6O. The van der Waals surface area contributed by atoms with Crippen LogP contribution in [0.5, 0.6) is 0 Å². The van der Waals surface area contributed by atoms with Gasteiger partial charge >= 0.3 is 6.03 Å². The van der Waals surface area contributed by atoms with Crippen LogP contribution in [0.15, 0.2) is 0 Å². The fraction of sp³-hybridized carbons (Fsp3) is 0.850. The van der Waals surface area contributed by atoms with Crippen LogP contribution < -0.4 is 5.32 Å². The summed E-state index contributed by atoms with van der Waals surface area (Å²) < 4.78 is 2.15. The minimum absolute atomic E-state index is 0.0488. The molecule has 2 aliphatic heterocycles. The molecule has 0 unspecified atom stereocenters. The highest BCUT2D eigenvalue weighted by atomic mass is 16.2. The van der Waals surface area contributed by atoms with Crippen molar-refractivity contribution < 1.29 is 4.79 Å². The number of carbonyl (C=O) groups is 1. The van der Waals surface area contributed by atoms with Gasteiger partial charge in [0, 0.05) is 32.6 Å². The number of likely N-dealkylation sites (tertiary alicyclic amines) is 1. The molecule has 3 heterocycles. The lowest BCUT2D eigenvalue weighted by atomic mass is 9.93. The molecule has 27 heavy (non-hydrogen) atoms. The molecule has 150 valence electrons. The molecule has 2 amide bonds. The van der Waals surface area contributed by atoms with E-state index in [1.165, 1.54) is 38.9 Å². The Balaban J connectivity index is 1.15. The van der Waals surface area contributed by atoms with Gasteiger partial charge in [-0.3, -0.25) is 0 Å². The third-order valence-electron chi connectivity index (χ3n) is 6.50. The molecule has 1 aromatic rings. The molecule has 7 heteroatoms. The molecule has 1 saturated carbocycles. The third-order valence-corrected chi connectivity index (χ3v) is 6.50. The summed E-state index contributed by atoms with van der Waals surface area (Å²) in [4.78, 5) is 17.1. The van der Waals surface area contributed by atoms with Crippen LogP contribution >= 0.6 is 0 Å². The topological polar surface area (TPSA) is 66.3 Å². The van der Waals surface area contributed by atoms with E-state index < -0.39 is 0 Å². The van der Waals surface area contributed by atoms with Gasteiger partial charge in [-0.2, -0.15) is 0 Å². The van der Waals surface area contributed by atoms with Gasteiger partial charge in [0.25, 0.3) is 0 Å². The van der Waals surface area contributed by atoms with Crippen molar-refractivity contribution in [3.05, 3.63) is 11.6 Å². The maximum atomic E-state index is 12.5. The van der Waals surface area contributed by atoms with Crippen LogP contribution in [0.2, 0.25) is 0 Å². The van der Waals surface area contributed by atoms with Gasteiger partial charge in [-0.15, -0.1) is 10.2 Å². The van der Waals surface area contributed by atoms with Crippen LogP contribution in [0.1, 0.15) is 57.1 Å². The van der Waals surface area contributed by atoms with E-state index in [1.54, 1.807) is 0 Å². The van der Waals surface area contributed by atoms with Crippen molar-refractivity contribution in [1.29, 1.82) is 0 Å². The number of nitrogens with one attached hydrogen (secondary N) is 1.